The third kappa shape index (κ3) is 4.09. The molecule has 0 spiro atoms. The van der Waals surface area contributed by atoms with Crippen LogP contribution >= 0.6 is 0 Å². The van der Waals surface area contributed by atoms with Crippen LogP contribution < -0.4 is 10.6 Å². The van der Waals surface area contributed by atoms with E-state index in [2.05, 4.69) is 27.6 Å². The van der Waals surface area contributed by atoms with Crippen molar-refractivity contribution in [1.29, 1.82) is 0 Å². The molecule has 5 nitrogen and oxygen atoms in total. The van der Waals surface area contributed by atoms with Gasteiger partial charge in [-0.15, -0.1) is 0 Å². The van der Waals surface area contributed by atoms with Crippen LogP contribution in [0, 0.1) is 11.7 Å². The first-order chi connectivity index (χ1) is 11.2. The summed E-state index contributed by atoms with van der Waals surface area (Å²) >= 11 is 0. The van der Waals surface area contributed by atoms with Gasteiger partial charge in [-0.05, 0) is 42.7 Å². The average Bonchev–Trinajstić information content (AvgIpc) is 3.05. The van der Waals surface area contributed by atoms with Crippen LogP contribution in [0.3, 0.4) is 0 Å². The first-order valence-electron chi connectivity index (χ1n) is 7.93. The number of aliphatic imine (C=N–C) groups is 1. The van der Waals surface area contributed by atoms with Gasteiger partial charge in [-0.3, -0.25) is 4.99 Å². The van der Waals surface area contributed by atoms with E-state index in [0.717, 1.165) is 36.2 Å². The molecular formula is C17H22FN5. The lowest BCUT2D eigenvalue weighted by atomic mass is 10.3. The highest BCUT2D eigenvalue weighted by Gasteiger charge is 2.33. The minimum atomic E-state index is -0.241. The molecule has 0 amide bonds. The van der Waals surface area contributed by atoms with Crippen molar-refractivity contribution in [2.24, 2.45) is 10.9 Å². The van der Waals surface area contributed by atoms with Crippen molar-refractivity contribution in [3.05, 3.63) is 48.0 Å². The predicted octanol–water partition coefficient (Wildman–Crippen LogP) is 2.13. The molecule has 2 N–H and O–H groups in total. The van der Waals surface area contributed by atoms with E-state index in [1.165, 1.54) is 18.6 Å². The molecule has 2 aromatic rings. The Hall–Kier alpha value is -2.37. The number of nitrogens with zero attached hydrogens (tertiary/aromatic N) is 3. The van der Waals surface area contributed by atoms with Gasteiger partial charge in [-0.1, -0.05) is 6.92 Å². The van der Waals surface area contributed by atoms with Crippen LogP contribution in [0.15, 0.2) is 41.5 Å². The van der Waals surface area contributed by atoms with Crippen molar-refractivity contribution in [3.63, 3.8) is 0 Å². The number of nitrogens with one attached hydrogen (secondary N) is 2. The third-order valence-corrected chi connectivity index (χ3v) is 4.06. The van der Waals surface area contributed by atoms with Gasteiger partial charge in [0, 0.05) is 32.3 Å². The van der Waals surface area contributed by atoms with Gasteiger partial charge in [0.05, 0.1) is 11.4 Å². The Balaban J connectivity index is 1.50. The molecule has 2 atom stereocenters. The molecular weight excluding hydrogens is 293 g/mol. The zero-order valence-electron chi connectivity index (χ0n) is 13.5. The SMILES string of the molecule is CN=C(NCCc1ccn(-c2ccc(F)cc2)n1)NC1CC1C. The van der Waals surface area contributed by atoms with Crippen LogP contribution in [-0.2, 0) is 6.42 Å². The topological polar surface area (TPSA) is 54.2 Å². The van der Waals surface area contributed by atoms with Crippen LogP contribution in [0.1, 0.15) is 19.0 Å². The summed E-state index contributed by atoms with van der Waals surface area (Å²) < 4.78 is 14.7. The Kier molecular flexibility index (Phi) is 4.60. The van der Waals surface area contributed by atoms with Crippen LogP contribution in [0.4, 0.5) is 4.39 Å². The van der Waals surface area contributed by atoms with Crippen molar-refractivity contribution in [2.75, 3.05) is 13.6 Å². The summed E-state index contributed by atoms with van der Waals surface area (Å²) in [6.45, 7) is 2.99. The first kappa shape index (κ1) is 15.5. The zero-order chi connectivity index (χ0) is 16.2. The Labute approximate surface area is 135 Å². The predicted molar refractivity (Wildman–Crippen MR) is 89.3 cm³/mol. The summed E-state index contributed by atoms with van der Waals surface area (Å²) in [5.74, 6) is 1.34. The van der Waals surface area contributed by atoms with Gasteiger partial charge in [0.25, 0.3) is 0 Å². The molecule has 2 unspecified atom stereocenters. The molecule has 0 aliphatic heterocycles. The maximum atomic E-state index is 12.9. The molecule has 1 fully saturated rings. The number of halogens is 1. The van der Waals surface area contributed by atoms with Gasteiger partial charge in [0.15, 0.2) is 5.96 Å². The van der Waals surface area contributed by atoms with Gasteiger partial charge in [0.1, 0.15) is 5.82 Å². The second-order valence-corrected chi connectivity index (χ2v) is 5.94. The summed E-state index contributed by atoms with van der Waals surface area (Å²) in [6, 6.07) is 8.84. The maximum absolute atomic E-state index is 12.9. The normalized spacial score (nSPS) is 20.4. The zero-order valence-corrected chi connectivity index (χ0v) is 13.5. The van der Waals surface area contributed by atoms with Crippen molar-refractivity contribution >= 4 is 5.96 Å². The number of hydrogen-bond acceptors (Lipinski definition) is 2. The minimum Gasteiger partial charge on any atom is -0.356 e. The quantitative estimate of drug-likeness (QED) is 0.656. The number of hydrogen-bond donors (Lipinski definition) is 2. The Morgan fingerprint density at radius 1 is 1.35 bits per heavy atom. The lowest BCUT2D eigenvalue weighted by Crippen LogP contribution is -2.39. The molecule has 0 bridgehead atoms. The molecule has 122 valence electrons. The van der Waals surface area contributed by atoms with Crippen LogP contribution in [0.25, 0.3) is 5.69 Å². The van der Waals surface area contributed by atoms with Gasteiger partial charge in [0.2, 0.25) is 0 Å². The second-order valence-electron chi connectivity index (χ2n) is 5.94. The summed E-state index contributed by atoms with van der Waals surface area (Å²) in [6.07, 6.45) is 3.90. The highest BCUT2D eigenvalue weighted by Crippen LogP contribution is 2.28. The molecule has 1 heterocycles. The van der Waals surface area contributed by atoms with E-state index in [1.54, 1.807) is 23.9 Å². The lowest BCUT2D eigenvalue weighted by molar-refractivity contribution is 0.627. The summed E-state index contributed by atoms with van der Waals surface area (Å²) in [5.41, 5.74) is 1.84. The molecule has 1 aromatic carbocycles. The molecule has 1 saturated carbocycles. The molecule has 0 saturated heterocycles. The van der Waals surface area contributed by atoms with E-state index in [4.69, 9.17) is 0 Å². The lowest BCUT2D eigenvalue weighted by Gasteiger charge is -2.10. The monoisotopic (exact) mass is 315 g/mol. The average molecular weight is 315 g/mol. The number of benzene rings is 1. The third-order valence-electron chi connectivity index (χ3n) is 4.06. The van der Waals surface area contributed by atoms with Crippen molar-refractivity contribution < 1.29 is 4.39 Å². The molecule has 1 aromatic heterocycles. The van der Waals surface area contributed by atoms with E-state index in [-0.39, 0.29) is 5.82 Å². The second kappa shape index (κ2) is 6.81. The van der Waals surface area contributed by atoms with Gasteiger partial charge in [-0.25, -0.2) is 9.07 Å². The van der Waals surface area contributed by atoms with Crippen molar-refractivity contribution in [1.82, 2.24) is 20.4 Å². The Bertz CT molecular complexity index is 677. The maximum Gasteiger partial charge on any atom is 0.191 e. The fraction of sp³-hybridized carbons (Fsp3) is 0.412. The number of rotatable bonds is 5. The van der Waals surface area contributed by atoms with E-state index < -0.39 is 0 Å². The van der Waals surface area contributed by atoms with Crippen LogP contribution in [0.2, 0.25) is 0 Å². The molecule has 1 aliphatic carbocycles. The molecule has 23 heavy (non-hydrogen) atoms. The fourth-order valence-corrected chi connectivity index (χ4v) is 2.44. The Morgan fingerprint density at radius 3 is 2.74 bits per heavy atom. The van der Waals surface area contributed by atoms with E-state index in [1.807, 2.05) is 12.3 Å². The largest absolute Gasteiger partial charge is 0.356 e. The highest BCUT2D eigenvalue weighted by molar-refractivity contribution is 5.80. The summed E-state index contributed by atoms with van der Waals surface area (Å²) in [4.78, 5) is 4.23. The number of aromatic nitrogens is 2. The van der Waals surface area contributed by atoms with Crippen molar-refractivity contribution in [2.45, 2.75) is 25.8 Å². The van der Waals surface area contributed by atoms with E-state index >= 15 is 0 Å². The van der Waals surface area contributed by atoms with E-state index in [9.17, 15) is 4.39 Å². The number of guanidine groups is 1. The fourth-order valence-electron chi connectivity index (χ4n) is 2.44. The van der Waals surface area contributed by atoms with Crippen LogP contribution in [-0.4, -0.2) is 35.4 Å². The van der Waals surface area contributed by atoms with Crippen molar-refractivity contribution in [3.8, 4) is 5.69 Å². The van der Waals surface area contributed by atoms with Gasteiger partial charge >= 0.3 is 0 Å². The molecule has 0 radical (unpaired) electrons. The summed E-state index contributed by atoms with van der Waals surface area (Å²) in [5, 5.41) is 11.2. The summed E-state index contributed by atoms with van der Waals surface area (Å²) in [7, 11) is 1.78. The minimum absolute atomic E-state index is 0.241. The smallest absolute Gasteiger partial charge is 0.191 e. The highest BCUT2D eigenvalue weighted by atomic mass is 19.1. The molecule has 1 aliphatic rings. The first-order valence-corrected chi connectivity index (χ1v) is 7.93. The van der Waals surface area contributed by atoms with Gasteiger partial charge < -0.3 is 10.6 Å². The van der Waals surface area contributed by atoms with E-state index in [0.29, 0.717) is 6.04 Å². The van der Waals surface area contributed by atoms with Gasteiger partial charge in [-0.2, -0.15) is 5.10 Å². The molecule has 3 rings (SSSR count). The standard InChI is InChI=1S/C17H22FN5/c1-12-11-16(12)21-17(19-2)20-9-7-14-8-10-23(22-14)15-5-3-13(18)4-6-15/h3-6,8,10,12,16H,7,9,11H2,1-2H3,(H2,19,20,21). The van der Waals surface area contributed by atoms with Crippen LogP contribution in [0.5, 0.6) is 0 Å². The molecule has 6 heteroatoms. The Morgan fingerprint density at radius 2 is 2.09 bits per heavy atom.